The average Bonchev–Trinajstić information content (AvgIpc) is 3.10. The smallest absolute Gasteiger partial charge is 0.126 e. The highest BCUT2D eigenvalue weighted by Crippen LogP contribution is 2.39. The molecule has 1 fully saturated rings. The van der Waals surface area contributed by atoms with Crippen LogP contribution in [0.5, 0.6) is 5.75 Å². The SMILES string of the molecule is COc1cc(F)ccc1[C@H](N)[C@H](O)C1CC1. The zero-order valence-electron chi connectivity index (χ0n) is 9.19. The first-order valence-corrected chi connectivity index (χ1v) is 5.40. The van der Waals surface area contributed by atoms with Gasteiger partial charge in [0.15, 0.2) is 0 Å². The van der Waals surface area contributed by atoms with Gasteiger partial charge in [-0.1, -0.05) is 6.07 Å². The lowest BCUT2D eigenvalue weighted by Crippen LogP contribution is -2.28. The molecule has 2 rings (SSSR count). The van der Waals surface area contributed by atoms with Crippen molar-refractivity contribution in [3.63, 3.8) is 0 Å². The summed E-state index contributed by atoms with van der Waals surface area (Å²) in [7, 11) is 1.47. The number of halogens is 1. The van der Waals surface area contributed by atoms with Crippen molar-refractivity contribution in [2.75, 3.05) is 7.11 Å². The number of hydrogen-bond donors (Lipinski definition) is 2. The van der Waals surface area contributed by atoms with Crippen LogP contribution in [0.3, 0.4) is 0 Å². The normalized spacial score (nSPS) is 19.2. The summed E-state index contributed by atoms with van der Waals surface area (Å²) in [4.78, 5) is 0. The van der Waals surface area contributed by atoms with E-state index in [1.54, 1.807) is 6.07 Å². The molecular weight excluding hydrogens is 209 g/mol. The molecule has 3 nitrogen and oxygen atoms in total. The van der Waals surface area contributed by atoms with Crippen LogP contribution in [0, 0.1) is 11.7 Å². The van der Waals surface area contributed by atoms with E-state index >= 15 is 0 Å². The lowest BCUT2D eigenvalue weighted by molar-refractivity contribution is 0.121. The van der Waals surface area contributed by atoms with E-state index in [9.17, 15) is 9.50 Å². The molecule has 0 bridgehead atoms. The van der Waals surface area contributed by atoms with Gasteiger partial charge in [0.25, 0.3) is 0 Å². The van der Waals surface area contributed by atoms with E-state index in [2.05, 4.69) is 0 Å². The van der Waals surface area contributed by atoms with Gasteiger partial charge in [-0.15, -0.1) is 0 Å². The number of ether oxygens (including phenoxy) is 1. The summed E-state index contributed by atoms with van der Waals surface area (Å²) in [5.74, 6) is 0.311. The third kappa shape index (κ3) is 2.18. The Morgan fingerprint density at radius 3 is 2.75 bits per heavy atom. The minimum atomic E-state index is -0.570. The minimum Gasteiger partial charge on any atom is -0.496 e. The Bertz CT molecular complexity index is 379. The van der Waals surface area contributed by atoms with E-state index in [0.29, 0.717) is 11.3 Å². The molecule has 1 aromatic carbocycles. The summed E-state index contributed by atoms with van der Waals surface area (Å²) in [5.41, 5.74) is 6.61. The van der Waals surface area contributed by atoms with E-state index in [1.807, 2.05) is 0 Å². The zero-order valence-corrected chi connectivity index (χ0v) is 9.19. The fourth-order valence-corrected chi connectivity index (χ4v) is 1.88. The molecule has 0 aliphatic heterocycles. The standard InChI is InChI=1S/C12H16FNO2/c1-16-10-6-8(13)4-5-9(10)11(14)12(15)7-2-3-7/h4-7,11-12,15H,2-3,14H2,1H3/t11-,12+/m0/s1. The van der Waals surface area contributed by atoms with Crippen LogP contribution in [0.15, 0.2) is 18.2 Å². The van der Waals surface area contributed by atoms with Crippen LogP contribution in [0.4, 0.5) is 4.39 Å². The van der Waals surface area contributed by atoms with Crippen molar-refractivity contribution in [1.29, 1.82) is 0 Å². The first-order valence-electron chi connectivity index (χ1n) is 5.40. The van der Waals surface area contributed by atoms with Crippen molar-refractivity contribution in [3.05, 3.63) is 29.6 Å². The Balaban J connectivity index is 2.23. The fraction of sp³-hybridized carbons (Fsp3) is 0.500. The lowest BCUT2D eigenvalue weighted by Gasteiger charge is -2.20. The second-order valence-electron chi connectivity index (χ2n) is 4.24. The summed E-state index contributed by atoms with van der Waals surface area (Å²) >= 11 is 0. The summed E-state index contributed by atoms with van der Waals surface area (Å²) < 4.78 is 18.1. The maximum absolute atomic E-state index is 13.0. The Hall–Kier alpha value is -1.13. The van der Waals surface area contributed by atoms with Gasteiger partial charge in [-0.05, 0) is 24.8 Å². The van der Waals surface area contributed by atoms with Crippen LogP contribution < -0.4 is 10.5 Å². The Morgan fingerprint density at radius 1 is 1.50 bits per heavy atom. The maximum Gasteiger partial charge on any atom is 0.126 e. The van der Waals surface area contributed by atoms with E-state index in [-0.39, 0.29) is 11.7 Å². The molecule has 0 spiro atoms. The van der Waals surface area contributed by atoms with Gasteiger partial charge < -0.3 is 15.6 Å². The minimum absolute atomic E-state index is 0.282. The molecule has 1 aliphatic rings. The van der Waals surface area contributed by atoms with Crippen LogP contribution >= 0.6 is 0 Å². The zero-order chi connectivity index (χ0) is 11.7. The molecule has 16 heavy (non-hydrogen) atoms. The molecule has 3 N–H and O–H groups in total. The maximum atomic E-state index is 13.0. The Morgan fingerprint density at radius 2 is 2.19 bits per heavy atom. The number of aliphatic hydroxyl groups is 1. The third-order valence-corrected chi connectivity index (χ3v) is 3.03. The van der Waals surface area contributed by atoms with Crippen molar-refractivity contribution >= 4 is 0 Å². The molecule has 1 saturated carbocycles. The van der Waals surface area contributed by atoms with Crippen LogP contribution in [0.2, 0.25) is 0 Å². The largest absolute Gasteiger partial charge is 0.496 e. The Kier molecular flexibility index (Phi) is 3.12. The molecule has 0 radical (unpaired) electrons. The second-order valence-corrected chi connectivity index (χ2v) is 4.24. The van der Waals surface area contributed by atoms with Gasteiger partial charge in [-0.25, -0.2) is 4.39 Å². The van der Waals surface area contributed by atoms with Crippen LogP contribution in [0.1, 0.15) is 24.4 Å². The van der Waals surface area contributed by atoms with Gasteiger partial charge >= 0.3 is 0 Å². The highest BCUT2D eigenvalue weighted by molar-refractivity contribution is 5.37. The molecule has 0 unspecified atom stereocenters. The van der Waals surface area contributed by atoms with E-state index in [0.717, 1.165) is 12.8 Å². The molecule has 88 valence electrons. The third-order valence-electron chi connectivity index (χ3n) is 3.03. The van der Waals surface area contributed by atoms with Gasteiger partial charge in [0.2, 0.25) is 0 Å². The van der Waals surface area contributed by atoms with E-state index < -0.39 is 12.1 Å². The van der Waals surface area contributed by atoms with Crippen molar-refractivity contribution in [2.24, 2.45) is 11.7 Å². The van der Waals surface area contributed by atoms with Crippen molar-refractivity contribution in [2.45, 2.75) is 25.0 Å². The van der Waals surface area contributed by atoms with Crippen molar-refractivity contribution < 1.29 is 14.2 Å². The number of nitrogens with two attached hydrogens (primary N) is 1. The highest BCUT2D eigenvalue weighted by Gasteiger charge is 2.35. The first kappa shape index (κ1) is 11.4. The van der Waals surface area contributed by atoms with Gasteiger partial charge in [-0.3, -0.25) is 0 Å². The molecule has 1 aromatic rings. The molecule has 2 atom stereocenters. The quantitative estimate of drug-likeness (QED) is 0.818. The van der Waals surface area contributed by atoms with Crippen LogP contribution in [-0.4, -0.2) is 18.3 Å². The van der Waals surface area contributed by atoms with E-state index in [1.165, 1.54) is 19.2 Å². The molecule has 0 saturated heterocycles. The average molecular weight is 225 g/mol. The number of methoxy groups -OCH3 is 1. The van der Waals surface area contributed by atoms with Gasteiger partial charge in [0.05, 0.1) is 19.3 Å². The molecule has 0 aromatic heterocycles. The molecule has 0 heterocycles. The highest BCUT2D eigenvalue weighted by atomic mass is 19.1. The number of rotatable bonds is 4. The predicted octanol–water partition coefficient (Wildman–Crippen LogP) is 1.60. The summed E-state index contributed by atoms with van der Waals surface area (Å²) in [5, 5.41) is 9.93. The van der Waals surface area contributed by atoms with Crippen LogP contribution in [0.25, 0.3) is 0 Å². The van der Waals surface area contributed by atoms with Gasteiger partial charge in [-0.2, -0.15) is 0 Å². The molecular formula is C12H16FNO2. The van der Waals surface area contributed by atoms with Crippen LogP contribution in [-0.2, 0) is 0 Å². The topological polar surface area (TPSA) is 55.5 Å². The number of hydrogen-bond acceptors (Lipinski definition) is 3. The monoisotopic (exact) mass is 225 g/mol. The summed E-state index contributed by atoms with van der Waals surface area (Å²) in [6.45, 7) is 0. The van der Waals surface area contributed by atoms with Gasteiger partial charge in [0.1, 0.15) is 11.6 Å². The summed E-state index contributed by atoms with van der Waals surface area (Å²) in [6.07, 6.45) is 1.45. The van der Waals surface area contributed by atoms with E-state index in [4.69, 9.17) is 10.5 Å². The van der Waals surface area contributed by atoms with Crippen molar-refractivity contribution in [1.82, 2.24) is 0 Å². The lowest BCUT2D eigenvalue weighted by atomic mass is 9.98. The summed E-state index contributed by atoms with van der Waals surface area (Å²) in [6, 6.07) is 3.68. The fourth-order valence-electron chi connectivity index (χ4n) is 1.88. The van der Waals surface area contributed by atoms with Crippen molar-refractivity contribution in [3.8, 4) is 5.75 Å². The number of benzene rings is 1. The molecule has 0 amide bonds. The number of aliphatic hydroxyl groups excluding tert-OH is 1. The molecule has 1 aliphatic carbocycles. The second kappa shape index (κ2) is 4.39. The molecule has 4 heteroatoms. The predicted molar refractivity (Wildman–Crippen MR) is 58.6 cm³/mol. The van der Waals surface area contributed by atoms with Gasteiger partial charge in [0, 0.05) is 11.6 Å². The first-order chi connectivity index (χ1) is 7.63. The Labute approximate surface area is 94.0 Å².